The predicted octanol–water partition coefficient (Wildman–Crippen LogP) is 5.35. The Balaban J connectivity index is 1.44. The number of nitrogens with zero attached hydrogens (tertiary/aromatic N) is 3. The fourth-order valence-electron chi connectivity index (χ4n) is 6.65. The van der Waals surface area contributed by atoms with Crippen LogP contribution >= 0.6 is 0 Å². The zero-order valence-corrected chi connectivity index (χ0v) is 24.0. The van der Waals surface area contributed by atoms with Gasteiger partial charge in [-0.2, -0.15) is 0 Å². The predicted molar refractivity (Wildman–Crippen MR) is 151 cm³/mol. The number of carbonyl (C=O) groups excluding carboxylic acids is 1. The van der Waals surface area contributed by atoms with Crippen LogP contribution in [0.15, 0.2) is 63.4 Å². The van der Waals surface area contributed by atoms with Gasteiger partial charge in [0, 0.05) is 43.4 Å². The Bertz CT molecular complexity index is 1330. The number of piperidine rings is 1. The third-order valence-electron chi connectivity index (χ3n) is 8.85. The van der Waals surface area contributed by atoms with Crippen LogP contribution in [-0.2, 0) is 9.47 Å². The summed E-state index contributed by atoms with van der Waals surface area (Å²) in [6.45, 7) is 11.1. The average molecular weight is 536 g/mol. The van der Waals surface area contributed by atoms with Gasteiger partial charge in [0.15, 0.2) is 12.0 Å². The molecule has 1 N–H and O–H groups in total. The highest BCUT2D eigenvalue weighted by molar-refractivity contribution is 5.83. The molecule has 2 saturated heterocycles. The molecule has 1 aromatic carbocycles. The summed E-state index contributed by atoms with van der Waals surface area (Å²) in [4.78, 5) is 19.9. The molecule has 0 aliphatic carbocycles. The number of para-hydroxylation sites is 1. The molecule has 2 atom stereocenters. The summed E-state index contributed by atoms with van der Waals surface area (Å²) in [6.07, 6.45) is 4.94. The molecule has 3 aliphatic heterocycles. The third-order valence-corrected chi connectivity index (χ3v) is 8.85. The summed E-state index contributed by atoms with van der Waals surface area (Å²) >= 11 is 0. The molecule has 0 bridgehead atoms. The summed E-state index contributed by atoms with van der Waals surface area (Å²) in [5.74, 6) is 1.50. The fourth-order valence-corrected chi connectivity index (χ4v) is 6.65. The van der Waals surface area contributed by atoms with Gasteiger partial charge in [0.1, 0.15) is 5.58 Å². The summed E-state index contributed by atoms with van der Waals surface area (Å²) in [6, 6.07) is 7.93. The van der Waals surface area contributed by atoms with Crippen molar-refractivity contribution in [2.24, 2.45) is 5.92 Å². The first-order valence-electron chi connectivity index (χ1n) is 13.9. The number of allylic oxidation sites excluding steroid dienone is 2. The lowest BCUT2D eigenvalue weighted by Crippen LogP contribution is -2.54. The van der Waals surface area contributed by atoms with E-state index in [0.717, 1.165) is 52.0 Å². The molecular weight excluding hydrogens is 494 g/mol. The lowest BCUT2D eigenvalue weighted by molar-refractivity contribution is -0.0444. The standard InChI is InChI=1S/C31H41N3O5/c1-7-34-30(36)33-18-23(17-21(3)38-6)25(19-37-5)20(2)16-27(33)31(34)12-14-32(15-13-31)29(35)28-22(4)24-10-8-9-11-26(24)39-28/h8-11,16-17,20,29,35H,7,12-15,18-19H2,1-6H3. The number of aliphatic hydroxyl groups is 1. The van der Waals surface area contributed by atoms with Gasteiger partial charge in [0.2, 0.25) is 0 Å². The third kappa shape index (κ3) is 4.58. The van der Waals surface area contributed by atoms with Gasteiger partial charge in [-0.1, -0.05) is 31.2 Å². The molecule has 2 amide bonds. The molecule has 210 valence electrons. The molecule has 39 heavy (non-hydrogen) atoms. The van der Waals surface area contributed by atoms with Gasteiger partial charge < -0.3 is 23.9 Å². The number of benzene rings is 1. The van der Waals surface area contributed by atoms with Crippen molar-refractivity contribution in [3.63, 3.8) is 0 Å². The largest absolute Gasteiger partial charge is 0.501 e. The Kier molecular flexibility index (Phi) is 7.64. The first-order chi connectivity index (χ1) is 18.7. The molecule has 4 heterocycles. The number of ether oxygens (including phenoxy) is 2. The minimum absolute atomic E-state index is 0.0395. The van der Waals surface area contributed by atoms with Crippen LogP contribution in [-0.4, -0.2) is 78.4 Å². The van der Waals surface area contributed by atoms with Gasteiger partial charge in [0.05, 0.1) is 31.6 Å². The Morgan fingerprint density at radius 1 is 1.26 bits per heavy atom. The first-order valence-corrected chi connectivity index (χ1v) is 13.9. The van der Waals surface area contributed by atoms with E-state index in [4.69, 9.17) is 13.9 Å². The van der Waals surface area contributed by atoms with E-state index in [0.29, 0.717) is 38.5 Å². The van der Waals surface area contributed by atoms with Crippen LogP contribution in [0.4, 0.5) is 4.79 Å². The second kappa shape index (κ2) is 10.8. The van der Waals surface area contributed by atoms with Crippen molar-refractivity contribution < 1.29 is 23.8 Å². The number of amides is 2. The van der Waals surface area contributed by atoms with Crippen LogP contribution in [0.2, 0.25) is 0 Å². The SMILES string of the molecule is CCN1C(=O)N2CC(C=C(C)OC)=C(COC)C(C)C=C2C12CCN(C(O)c1oc3ccccc3c1C)CC2. The van der Waals surface area contributed by atoms with Crippen molar-refractivity contribution in [1.82, 2.24) is 14.7 Å². The van der Waals surface area contributed by atoms with Crippen LogP contribution in [0.5, 0.6) is 0 Å². The van der Waals surface area contributed by atoms with E-state index in [1.807, 2.05) is 54.0 Å². The maximum atomic E-state index is 13.9. The van der Waals surface area contributed by atoms with E-state index >= 15 is 0 Å². The van der Waals surface area contributed by atoms with Crippen molar-refractivity contribution in [2.45, 2.75) is 52.3 Å². The van der Waals surface area contributed by atoms with Crippen molar-refractivity contribution in [3.05, 3.63) is 70.3 Å². The topological polar surface area (TPSA) is 78.6 Å². The number of hydrogen-bond donors (Lipinski definition) is 1. The minimum Gasteiger partial charge on any atom is -0.501 e. The molecule has 8 nitrogen and oxygen atoms in total. The van der Waals surface area contributed by atoms with Gasteiger partial charge in [0.25, 0.3) is 0 Å². The van der Waals surface area contributed by atoms with E-state index in [9.17, 15) is 9.90 Å². The second-order valence-corrected chi connectivity index (χ2v) is 10.9. The maximum Gasteiger partial charge on any atom is 0.325 e. The molecule has 1 aromatic heterocycles. The fraction of sp³-hybridized carbons (Fsp3) is 0.516. The zero-order valence-electron chi connectivity index (χ0n) is 24.0. The highest BCUT2D eigenvalue weighted by atomic mass is 16.5. The smallest absolute Gasteiger partial charge is 0.325 e. The highest BCUT2D eigenvalue weighted by Crippen LogP contribution is 2.47. The first kappa shape index (κ1) is 27.5. The monoisotopic (exact) mass is 535 g/mol. The number of furan rings is 1. The molecule has 2 unspecified atom stereocenters. The van der Waals surface area contributed by atoms with Gasteiger partial charge in [-0.05, 0) is 62.8 Å². The molecule has 5 rings (SSSR count). The van der Waals surface area contributed by atoms with E-state index in [-0.39, 0.29) is 11.9 Å². The Labute approximate surface area is 231 Å². The van der Waals surface area contributed by atoms with Gasteiger partial charge in [-0.15, -0.1) is 0 Å². The summed E-state index contributed by atoms with van der Waals surface area (Å²) in [5.41, 5.74) is 4.65. The zero-order chi connectivity index (χ0) is 27.9. The van der Waals surface area contributed by atoms with Gasteiger partial charge in [-0.3, -0.25) is 9.80 Å². The van der Waals surface area contributed by atoms with Gasteiger partial charge >= 0.3 is 6.03 Å². The van der Waals surface area contributed by atoms with E-state index in [1.54, 1.807) is 14.2 Å². The Hall–Kier alpha value is -3.07. The van der Waals surface area contributed by atoms with Crippen LogP contribution < -0.4 is 0 Å². The normalized spacial score (nSPS) is 22.9. The van der Waals surface area contributed by atoms with Crippen molar-refractivity contribution >= 4 is 17.0 Å². The number of aliphatic hydroxyl groups excluding tert-OH is 1. The Morgan fingerprint density at radius 2 is 1.97 bits per heavy atom. The van der Waals surface area contributed by atoms with Crippen molar-refractivity contribution in [1.29, 1.82) is 0 Å². The number of rotatable bonds is 7. The van der Waals surface area contributed by atoms with Crippen molar-refractivity contribution in [3.8, 4) is 0 Å². The van der Waals surface area contributed by atoms with Crippen LogP contribution in [0.3, 0.4) is 0 Å². The molecule has 2 aromatic rings. The lowest BCUT2D eigenvalue weighted by Gasteiger charge is -2.45. The lowest BCUT2D eigenvalue weighted by atomic mass is 9.82. The van der Waals surface area contributed by atoms with Gasteiger partial charge in [-0.25, -0.2) is 4.79 Å². The second-order valence-electron chi connectivity index (χ2n) is 10.9. The van der Waals surface area contributed by atoms with Crippen LogP contribution in [0.1, 0.15) is 51.2 Å². The summed E-state index contributed by atoms with van der Waals surface area (Å²) in [5, 5.41) is 12.4. The number of urea groups is 1. The van der Waals surface area contributed by atoms with E-state index < -0.39 is 11.8 Å². The van der Waals surface area contributed by atoms with E-state index in [1.165, 1.54) is 0 Å². The summed E-state index contributed by atoms with van der Waals surface area (Å²) in [7, 11) is 3.37. The molecule has 1 spiro atoms. The van der Waals surface area contributed by atoms with Crippen LogP contribution in [0, 0.1) is 12.8 Å². The summed E-state index contributed by atoms with van der Waals surface area (Å²) < 4.78 is 17.1. The number of fused-ring (bicyclic) bond motifs is 3. The average Bonchev–Trinajstić information content (AvgIpc) is 3.32. The molecule has 8 heteroatoms. The van der Waals surface area contributed by atoms with E-state index in [2.05, 4.69) is 24.8 Å². The molecule has 3 aliphatic rings. The molecule has 2 fully saturated rings. The highest BCUT2D eigenvalue weighted by Gasteiger charge is 2.55. The maximum absolute atomic E-state index is 13.9. The number of hydrogen-bond acceptors (Lipinski definition) is 6. The van der Waals surface area contributed by atoms with Crippen LogP contribution in [0.25, 0.3) is 11.0 Å². The van der Waals surface area contributed by atoms with Crippen molar-refractivity contribution in [2.75, 3.05) is 47.0 Å². The molecule has 0 saturated carbocycles. The molecule has 0 radical (unpaired) electrons. The number of methoxy groups -OCH3 is 2. The quantitative estimate of drug-likeness (QED) is 0.482. The minimum atomic E-state index is -0.830. The number of aryl methyl sites for hydroxylation is 1. The number of likely N-dealkylation sites (tertiary alicyclic amines) is 1. The number of likely N-dealkylation sites (N-methyl/N-ethyl adjacent to an activating group) is 1. The number of carbonyl (C=O) groups is 1. The molecular formula is C31H41N3O5. The Morgan fingerprint density at radius 3 is 2.62 bits per heavy atom.